The Hall–Kier alpha value is -2.60. The Labute approximate surface area is 142 Å². The van der Waals surface area contributed by atoms with Gasteiger partial charge in [0.15, 0.2) is 0 Å². The number of methoxy groups -OCH3 is 1. The summed E-state index contributed by atoms with van der Waals surface area (Å²) in [6, 6.07) is 11.0. The van der Waals surface area contributed by atoms with Crippen LogP contribution in [0, 0.1) is 0 Å². The van der Waals surface area contributed by atoms with E-state index in [0.717, 1.165) is 18.7 Å². The zero-order valence-electron chi connectivity index (χ0n) is 14.4. The Balaban J connectivity index is 2.08. The number of ether oxygens (including phenoxy) is 1. The van der Waals surface area contributed by atoms with Crippen molar-refractivity contribution in [1.82, 2.24) is 15.2 Å². The van der Waals surface area contributed by atoms with Crippen molar-refractivity contribution in [3.8, 4) is 5.75 Å². The molecular formula is C18H24N4O2. The lowest BCUT2D eigenvalue weighted by Gasteiger charge is -2.14. The molecule has 1 amide bonds. The molecule has 0 saturated carbocycles. The first-order valence-electron chi connectivity index (χ1n) is 7.90. The lowest BCUT2D eigenvalue weighted by molar-refractivity contribution is 0.0953. The highest BCUT2D eigenvalue weighted by Gasteiger charge is 2.13. The van der Waals surface area contributed by atoms with Gasteiger partial charge in [-0.25, -0.2) is 4.98 Å². The molecule has 0 radical (unpaired) electrons. The van der Waals surface area contributed by atoms with Gasteiger partial charge in [0.05, 0.1) is 18.4 Å². The number of hydrogen-bond donors (Lipinski definition) is 2. The molecule has 0 aliphatic rings. The summed E-state index contributed by atoms with van der Waals surface area (Å²) in [5.41, 5.74) is 1.27. The number of aromatic nitrogens is 1. The molecule has 6 heteroatoms. The van der Waals surface area contributed by atoms with Crippen molar-refractivity contribution in [2.24, 2.45) is 0 Å². The van der Waals surface area contributed by atoms with Crippen LogP contribution in [0.25, 0.3) is 0 Å². The van der Waals surface area contributed by atoms with Crippen molar-refractivity contribution in [3.63, 3.8) is 0 Å². The first-order chi connectivity index (χ1) is 11.6. The minimum Gasteiger partial charge on any atom is -0.495 e. The predicted octanol–water partition coefficient (Wildman–Crippen LogP) is 2.52. The van der Waals surface area contributed by atoms with Crippen LogP contribution in [0.1, 0.15) is 16.8 Å². The van der Waals surface area contributed by atoms with Crippen LogP contribution in [-0.4, -0.2) is 50.1 Å². The van der Waals surface area contributed by atoms with E-state index in [1.165, 1.54) is 0 Å². The number of nitrogens with zero attached hydrogens (tertiary/aromatic N) is 2. The summed E-state index contributed by atoms with van der Waals surface area (Å²) in [6.45, 7) is 1.56. The zero-order valence-corrected chi connectivity index (χ0v) is 14.4. The van der Waals surface area contributed by atoms with E-state index >= 15 is 0 Å². The van der Waals surface area contributed by atoms with Gasteiger partial charge in [0, 0.05) is 12.7 Å². The van der Waals surface area contributed by atoms with Gasteiger partial charge in [0.25, 0.3) is 5.91 Å². The van der Waals surface area contributed by atoms with Gasteiger partial charge in [0.1, 0.15) is 11.6 Å². The van der Waals surface area contributed by atoms with E-state index in [2.05, 4.69) is 20.5 Å². The third-order valence-electron chi connectivity index (χ3n) is 3.48. The van der Waals surface area contributed by atoms with E-state index in [4.69, 9.17) is 4.74 Å². The normalized spacial score (nSPS) is 10.5. The van der Waals surface area contributed by atoms with Crippen LogP contribution in [0.4, 0.5) is 11.5 Å². The second kappa shape index (κ2) is 8.88. The highest BCUT2D eigenvalue weighted by Crippen LogP contribution is 2.27. The quantitative estimate of drug-likeness (QED) is 0.729. The average molecular weight is 328 g/mol. The van der Waals surface area contributed by atoms with Crippen molar-refractivity contribution >= 4 is 17.4 Å². The molecule has 0 aliphatic carbocycles. The Morgan fingerprint density at radius 3 is 2.75 bits per heavy atom. The smallest absolute Gasteiger partial charge is 0.255 e. The standard InChI is InChI=1S/C18H24N4O2/c1-22(2)13-7-12-20-18(23)14-8-6-11-19-17(14)21-15-9-4-5-10-16(15)24-3/h4-6,8-11H,7,12-13H2,1-3H3,(H,19,21)(H,20,23). The van der Waals surface area contributed by atoms with Crippen LogP contribution >= 0.6 is 0 Å². The molecule has 0 atom stereocenters. The van der Waals surface area contributed by atoms with Crippen molar-refractivity contribution in [2.75, 3.05) is 39.6 Å². The molecule has 0 saturated heterocycles. The number of carbonyl (C=O) groups is 1. The molecule has 2 rings (SSSR count). The maximum Gasteiger partial charge on any atom is 0.255 e. The maximum atomic E-state index is 12.4. The predicted molar refractivity (Wildman–Crippen MR) is 96.0 cm³/mol. The SMILES string of the molecule is COc1ccccc1Nc1ncccc1C(=O)NCCCN(C)C. The second-order valence-corrected chi connectivity index (χ2v) is 5.64. The minimum absolute atomic E-state index is 0.140. The summed E-state index contributed by atoms with van der Waals surface area (Å²) in [5, 5.41) is 6.11. The van der Waals surface area contributed by atoms with Crippen LogP contribution in [-0.2, 0) is 0 Å². The molecule has 1 aromatic heterocycles. The lowest BCUT2D eigenvalue weighted by Crippen LogP contribution is -2.27. The zero-order chi connectivity index (χ0) is 17.4. The van der Waals surface area contributed by atoms with Crippen LogP contribution in [0.5, 0.6) is 5.75 Å². The average Bonchev–Trinajstić information content (AvgIpc) is 2.59. The van der Waals surface area contributed by atoms with Crippen molar-refractivity contribution in [1.29, 1.82) is 0 Å². The first kappa shape index (κ1) is 17.7. The van der Waals surface area contributed by atoms with Gasteiger partial charge in [-0.15, -0.1) is 0 Å². The van der Waals surface area contributed by atoms with Gasteiger partial charge >= 0.3 is 0 Å². The molecule has 2 N–H and O–H groups in total. The molecule has 0 fully saturated rings. The molecule has 128 valence electrons. The van der Waals surface area contributed by atoms with E-state index in [-0.39, 0.29) is 5.91 Å². The van der Waals surface area contributed by atoms with Crippen molar-refractivity contribution < 1.29 is 9.53 Å². The topological polar surface area (TPSA) is 66.5 Å². The number of hydrogen-bond acceptors (Lipinski definition) is 5. The van der Waals surface area contributed by atoms with Crippen LogP contribution < -0.4 is 15.4 Å². The van der Waals surface area contributed by atoms with Crippen molar-refractivity contribution in [2.45, 2.75) is 6.42 Å². The van der Waals surface area contributed by atoms with Gasteiger partial charge in [0.2, 0.25) is 0 Å². The maximum absolute atomic E-state index is 12.4. The monoisotopic (exact) mass is 328 g/mol. The molecule has 1 heterocycles. The number of rotatable bonds is 8. The third-order valence-corrected chi connectivity index (χ3v) is 3.48. The summed E-state index contributed by atoms with van der Waals surface area (Å²) in [7, 11) is 5.63. The van der Waals surface area contributed by atoms with E-state index in [9.17, 15) is 4.79 Å². The number of benzene rings is 1. The number of amides is 1. The van der Waals surface area contributed by atoms with Gasteiger partial charge < -0.3 is 20.3 Å². The summed E-state index contributed by atoms with van der Waals surface area (Å²) < 4.78 is 5.32. The fraction of sp³-hybridized carbons (Fsp3) is 0.333. The van der Waals surface area contributed by atoms with E-state index in [0.29, 0.717) is 23.7 Å². The molecule has 2 aromatic rings. The number of pyridine rings is 1. The molecule has 0 spiro atoms. The third kappa shape index (κ3) is 4.96. The van der Waals surface area contributed by atoms with Crippen LogP contribution in [0.15, 0.2) is 42.6 Å². The fourth-order valence-corrected chi connectivity index (χ4v) is 2.26. The number of carbonyl (C=O) groups excluding carboxylic acids is 1. The fourth-order valence-electron chi connectivity index (χ4n) is 2.26. The first-order valence-corrected chi connectivity index (χ1v) is 7.90. The second-order valence-electron chi connectivity index (χ2n) is 5.64. The molecule has 24 heavy (non-hydrogen) atoms. The van der Waals surface area contributed by atoms with Gasteiger partial charge in [-0.05, 0) is 51.3 Å². The number of para-hydroxylation sites is 2. The van der Waals surface area contributed by atoms with Crippen LogP contribution in [0.3, 0.4) is 0 Å². The molecule has 0 aliphatic heterocycles. The van der Waals surface area contributed by atoms with Crippen molar-refractivity contribution in [3.05, 3.63) is 48.2 Å². The molecule has 0 bridgehead atoms. The highest BCUT2D eigenvalue weighted by atomic mass is 16.5. The largest absolute Gasteiger partial charge is 0.495 e. The van der Waals surface area contributed by atoms with E-state index in [1.807, 2.05) is 38.4 Å². The number of anilines is 2. The molecule has 0 unspecified atom stereocenters. The summed E-state index contributed by atoms with van der Waals surface area (Å²) in [5.74, 6) is 1.06. The summed E-state index contributed by atoms with van der Waals surface area (Å²) in [6.07, 6.45) is 2.55. The van der Waals surface area contributed by atoms with Gasteiger partial charge in [-0.3, -0.25) is 4.79 Å². The Kier molecular flexibility index (Phi) is 6.57. The Bertz CT molecular complexity index is 674. The highest BCUT2D eigenvalue weighted by molar-refractivity contribution is 5.99. The van der Waals surface area contributed by atoms with Gasteiger partial charge in [-0.1, -0.05) is 12.1 Å². The minimum atomic E-state index is -0.140. The Morgan fingerprint density at radius 2 is 2.00 bits per heavy atom. The van der Waals surface area contributed by atoms with Gasteiger partial charge in [-0.2, -0.15) is 0 Å². The van der Waals surface area contributed by atoms with E-state index < -0.39 is 0 Å². The van der Waals surface area contributed by atoms with Crippen LogP contribution in [0.2, 0.25) is 0 Å². The molecule has 1 aromatic carbocycles. The molecular weight excluding hydrogens is 304 g/mol. The van der Waals surface area contributed by atoms with E-state index in [1.54, 1.807) is 25.4 Å². The summed E-state index contributed by atoms with van der Waals surface area (Å²) >= 11 is 0. The lowest BCUT2D eigenvalue weighted by atomic mass is 10.2. The summed E-state index contributed by atoms with van der Waals surface area (Å²) in [4.78, 5) is 18.8. The Morgan fingerprint density at radius 1 is 1.21 bits per heavy atom. The molecule has 6 nitrogen and oxygen atoms in total. The number of nitrogens with one attached hydrogen (secondary N) is 2.